The molecule has 2 saturated carbocycles. The maximum Gasteiger partial charge on any atom is 0.108 e. The summed E-state index contributed by atoms with van der Waals surface area (Å²) in [5, 5.41) is 0. The molecule has 0 N–H and O–H groups in total. The van der Waals surface area contributed by atoms with Crippen LogP contribution in [-0.2, 0) is 0 Å². The van der Waals surface area contributed by atoms with Gasteiger partial charge in [0.1, 0.15) is 5.67 Å². The Morgan fingerprint density at radius 2 is 1.37 bits per heavy atom. The molecule has 2 heteroatoms. The fourth-order valence-corrected chi connectivity index (χ4v) is 5.57. The van der Waals surface area contributed by atoms with Crippen LogP contribution in [-0.4, -0.2) is 29.7 Å². The molecule has 27 heavy (non-hydrogen) atoms. The van der Waals surface area contributed by atoms with Crippen LogP contribution in [0.4, 0.5) is 4.39 Å². The highest BCUT2D eigenvalue weighted by molar-refractivity contribution is 4.90. The van der Waals surface area contributed by atoms with Crippen molar-refractivity contribution in [3.63, 3.8) is 0 Å². The average molecular weight is 382 g/mol. The quantitative estimate of drug-likeness (QED) is 0.454. The standard InChI is InChI=1S/C15H29N.C10H19F/c1-12-5-6-14(11-12)16-9-7-13(8-10-16)15(2,3)4;1-9(2,3)8-5-6-10(4,11)7-8/h12-14H,5-11H2,1-4H3;8H,5-7H2,1-4H3. The molecule has 0 aromatic carbocycles. The molecule has 4 atom stereocenters. The summed E-state index contributed by atoms with van der Waals surface area (Å²) in [6.45, 7) is 20.7. The second-order valence-electron chi connectivity index (χ2n) is 12.5. The average Bonchev–Trinajstić information content (AvgIpc) is 3.12. The van der Waals surface area contributed by atoms with Gasteiger partial charge < -0.3 is 4.90 Å². The van der Waals surface area contributed by atoms with Crippen LogP contribution < -0.4 is 0 Å². The largest absolute Gasteiger partial charge is 0.300 e. The van der Waals surface area contributed by atoms with Crippen molar-refractivity contribution in [1.82, 2.24) is 4.90 Å². The smallest absolute Gasteiger partial charge is 0.108 e. The molecule has 0 bridgehead atoms. The molecule has 0 amide bonds. The van der Waals surface area contributed by atoms with Gasteiger partial charge in [-0.2, -0.15) is 0 Å². The third-order valence-corrected chi connectivity index (χ3v) is 7.85. The van der Waals surface area contributed by atoms with Crippen molar-refractivity contribution in [3.05, 3.63) is 0 Å². The molecule has 0 aromatic rings. The molecule has 1 aliphatic heterocycles. The van der Waals surface area contributed by atoms with Crippen LogP contribution >= 0.6 is 0 Å². The minimum Gasteiger partial charge on any atom is -0.300 e. The van der Waals surface area contributed by atoms with Gasteiger partial charge >= 0.3 is 0 Å². The molecule has 3 aliphatic rings. The van der Waals surface area contributed by atoms with Gasteiger partial charge in [-0.15, -0.1) is 0 Å². The van der Waals surface area contributed by atoms with E-state index in [0.29, 0.717) is 16.7 Å². The minimum atomic E-state index is -0.877. The molecule has 2 aliphatic carbocycles. The number of alkyl halides is 1. The summed E-state index contributed by atoms with van der Waals surface area (Å²) < 4.78 is 13.4. The van der Waals surface area contributed by atoms with Crippen molar-refractivity contribution in [2.24, 2.45) is 28.6 Å². The molecule has 0 aromatic heterocycles. The van der Waals surface area contributed by atoms with E-state index in [2.05, 4.69) is 53.4 Å². The summed E-state index contributed by atoms with van der Waals surface area (Å²) in [5.74, 6) is 2.51. The maximum absolute atomic E-state index is 13.4. The van der Waals surface area contributed by atoms with E-state index in [0.717, 1.165) is 37.1 Å². The molecule has 0 radical (unpaired) electrons. The van der Waals surface area contributed by atoms with E-state index in [1.165, 1.54) is 45.2 Å². The lowest BCUT2D eigenvalue weighted by atomic mass is 9.75. The molecule has 1 heterocycles. The van der Waals surface area contributed by atoms with Gasteiger partial charge in [-0.25, -0.2) is 4.39 Å². The predicted octanol–water partition coefficient (Wildman–Crippen LogP) is 7.49. The van der Waals surface area contributed by atoms with Crippen molar-refractivity contribution in [3.8, 4) is 0 Å². The number of halogens is 1. The Morgan fingerprint density at radius 1 is 0.815 bits per heavy atom. The van der Waals surface area contributed by atoms with Gasteiger partial charge in [0.2, 0.25) is 0 Å². The van der Waals surface area contributed by atoms with Gasteiger partial charge in [-0.1, -0.05) is 48.5 Å². The molecule has 0 spiro atoms. The van der Waals surface area contributed by atoms with Crippen LogP contribution in [0.25, 0.3) is 0 Å². The Bertz CT molecular complexity index is 448. The van der Waals surface area contributed by atoms with E-state index >= 15 is 0 Å². The van der Waals surface area contributed by atoms with Gasteiger partial charge in [-0.3, -0.25) is 0 Å². The Morgan fingerprint density at radius 3 is 1.70 bits per heavy atom. The zero-order valence-electron chi connectivity index (χ0n) is 19.7. The molecule has 1 nitrogen and oxygen atoms in total. The van der Waals surface area contributed by atoms with Gasteiger partial charge in [0.15, 0.2) is 0 Å². The summed E-state index contributed by atoms with van der Waals surface area (Å²) in [6.07, 6.45) is 9.82. The number of piperidine rings is 1. The number of rotatable bonds is 1. The van der Waals surface area contributed by atoms with E-state index in [9.17, 15) is 4.39 Å². The van der Waals surface area contributed by atoms with E-state index in [-0.39, 0.29) is 0 Å². The normalized spacial score (nSPS) is 36.6. The monoisotopic (exact) mass is 381 g/mol. The Labute approximate surface area is 169 Å². The first-order chi connectivity index (χ1) is 12.3. The number of likely N-dealkylation sites (tertiary alicyclic amines) is 1. The van der Waals surface area contributed by atoms with Crippen molar-refractivity contribution >= 4 is 0 Å². The third-order valence-electron chi connectivity index (χ3n) is 7.85. The van der Waals surface area contributed by atoms with Crippen LogP contribution in [0.3, 0.4) is 0 Å². The Kier molecular flexibility index (Phi) is 7.48. The lowest BCUT2D eigenvalue weighted by molar-refractivity contribution is 0.0832. The third kappa shape index (κ3) is 7.02. The molecule has 160 valence electrons. The first kappa shape index (κ1) is 23.2. The molecule has 4 unspecified atom stereocenters. The molecular formula is C25H48FN. The SMILES string of the molecule is CC1(F)CCC(C(C)(C)C)C1.CC1CCC(N2CCC(C(C)(C)C)CC2)C1. The summed E-state index contributed by atoms with van der Waals surface area (Å²) in [5.41, 5.74) is -0.0587. The topological polar surface area (TPSA) is 3.24 Å². The first-order valence-electron chi connectivity index (χ1n) is 11.7. The zero-order chi connectivity index (χ0) is 20.5. The number of nitrogens with zero attached hydrogens (tertiary/aromatic N) is 1. The number of hydrogen-bond donors (Lipinski definition) is 0. The second kappa shape index (κ2) is 8.72. The highest BCUT2D eigenvalue weighted by atomic mass is 19.1. The summed E-state index contributed by atoms with van der Waals surface area (Å²) >= 11 is 0. The van der Waals surface area contributed by atoms with E-state index in [1.54, 1.807) is 6.92 Å². The summed E-state index contributed by atoms with van der Waals surface area (Å²) in [4.78, 5) is 2.78. The van der Waals surface area contributed by atoms with Gasteiger partial charge in [0.25, 0.3) is 0 Å². The van der Waals surface area contributed by atoms with Crippen molar-refractivity contribution in [2.45, 2.75) is 118 Å². The van der Waals surface area contributed by atoms with Crippen molar-refractivity contribution in [1.29, 1.82) is 0 Å². The highest BCUT2D eigenvalue weighted by Gasteiger charge is 2.40. The number of hydrogen-bond acceptors (Lipinski definition) is 1. The van der Waals surface area contributed by atoms with E-state index in [4.69, 9.17) is 0 Å². The fraction of sp³-hybridized carbons (Fsp3) is 1.00. The summed E-state index contributed by atoms with van der Waals surface area (Å²) in [7, 11) is 0. The molecule has 3 rings (SSSR count). The lowest BCUT2D eigenvalue weighted by Gasteiger charge is -2.41. The Balaban J connectivity index is 0.000000208. The first-order valence-corrected chi connectivity index (χ1v) is 11.7. The van der Waals surface area contributed by atoms with Crippen LogP contribution in [0, 0.1) is 28.6 Å². The van der Waals surface area contributed by atoms with Gasteiger partial charge in [0.05, 0.1) is 0 Å². The molecule has 1 saturated heterocycles. The van der Waals surface area contributed by atoms with E-state index < -0.39 is 5.67 Å². The second-order valence-corrected chi connectivity index (χ2v) is 12.5. The highest BCUT2D eigenvalue weighted by Crippen LogP contribution is 2.45. The van der Waals surface area contributed by atoms with Crippen LogP contribution in [0.2, 0.25) is 0 Å². The molecule has 3 fully saturated rings. The van der Waals surface area contributed by atoms with E-state index in [1.807, 2.05) is 0 Å². The molecular weight excluding hydrogens is 333 g/mol. The van der Waals surface area contributed by atoms with Crippen molar-refractivity contribution < 1.29 is 4.39 Å². The van der Waals surface area contributed by atoms with Crippen LogP contribution in [0.15, 0.2) is 0 Å². The lowest BCUT2D eigenvalue weighted by Crippen LogP contribution is -2.42. The Hall–Kier alpha value is -0.110. The summed E-state index contributed by atoms with van der Waals surface area (Å²) in [6, 6.07) is 0.927. The van der Waals surface area contributed by atoms with Gasteiger partial charge in [-0.05, 0) is 100.0 Å². The predicted molar refractivity (Wildman–Crippen MR) is 117 cm³/mol. The fourth-order valence-electron chi connectivity index (χ4n) is 5.57. The maximum atomic E-state index is 13.4. The van der Waals surface area contributed by atoms with Crippen LogP contribution in [0.1, 0.15) is 107 Å². The van der Waals surface area contributed by atoms with Gasteiger partial charge in [0, 0.05) is 6.04 Å². The van der Waals surface area contributed by atoms with Crippen molar-refractivity contribution in [2.75, 3.05) is 13.1 Å². The zero-order valence-corrected chi connectivity index (χ0v) is 19.7. The minimum absolute atomic E-state index is 0.295. The van der Waals surface area contributed by atoms with Crippen LogP contribution in [0.5, 0.6) is 0 Å².